The van der Waals surface area contributed by atoms with Crippen LogP contribution in [0.25, 0.3) is 5.69 Å². The maximum atomic E-state index is 14.4. The number of hydrogen-bond donors (Lipinski definition) is 1. The molecule has 0 aliphatic rings. The molecule has 1 heterocycles. The molecule has 2 aromatic carbocycles. The number of aliphatic hydroxyl groups excluding tert-OH is 1. The molecule has 0 bridgehead atoms. The summed E-state index contributed by atoms with van der Waals surface area (Å²) in [5.41, 5.74) is 2.00. The number of hydrogen-bond acceptors (Lipinski definition) is 5. The molecule has 0 spiro atoms. The average Bonchev–Trinajstić information content (AvgIpc) is 3.12. The Bertz CT molecular complexity index is 1070. The minimum atomic E-state index is -0.543. The number of aromatic nitrogens is 2. The average molecular weight is 472 g/mol. The molecule has 3 aromatic rings. The van der Waals surface area contributed by atoms with E-state index in [0.29, 0.717) is 56.3 Å². The number of benzene rings is 2. The zero-order valence-electron chi connectivity index (χ0n) is 19.6. The molecule has 0 saturated carbocycles. The van der Waals surface area contributed by atoms with Crippen molar-refractivity contribution in [3.05, 3.63) is 84.1 Å². The molecule has 182 valence electrons. The number of aliphatic hydroxyl groups is 1. The highest BCUT2D eigenvalue weighted by Crippen LogP contribution is 2.33. The SMILES string of the molecule is C=CCCC(O)CN(CCOC)Cc1c(C)nn(-c2ccc(F)cc2)c1Oc1ccccc1F. The summed E-state index contributed by atoms with van der Waals surface area (Å²) in [6.07, 6.45) is 2.54. The molecule has 0 radical (unpaired) electrons. The largest absolute Gasteiger partial charge is 0.435 e. The predicted octanol–water partition coefficient (Wildman–Crippen LogP) is 5.03. The molecule has 0 amide bonds. The highest BCUT2D eigenvalue weighted by molar-refractivity contribution is 5.43. The topological polar surface area (TPSA) is 59.8 Å². The number of nitrogens with zero attached hydrogens (tertiary/aromatic N) is 3. The van der Waals surface area contributed by atoms with Crippen molar-refractivity contribution in [3.8, 4) is 17.3 Å². The Morgan fingerprint density at radius 3 is 2.59 bits per heavy atom. The number of methoxy groups -OCH3 is 1. The molecule has 1 N–H and O–H groups in total. The minimum absolute atomic E-state index is 0.0569. The van der Waals surface area contributed by atoms with E-state index in [4.69, 9.17) is 9.47 Å². The Labute approximate surface area is 199 Å². The molecule has 1 aromatic heterocycles. The fourth-order valence-electron chi connectivity index (χ4n) is 3.59. The molecule has 3 rings (SSSR count). The van der Waals surface area contributed by atoms with Crippen molar-refractivity contribution in [2.75, 3.05) is 26.8 Å². The lowest BCUT2D eigenvalue weighted by Gasteiger charge is -2.25. The summed E-state index contributed by atoms with van der Waals surface area (Å²) in [6, 6.07) is 12.0. The van der Waals surface area contributed by atoms with E-state index < -0.39 is 11.9 Å². The first-order chi connectivity index (χ1) is 16.4. The van der Waals surface area contributed by atoms with E-state index in [1.54, 1.807) is 42.1 Å². The van der Waals surface area contributed by atoms with Gasteiger partial charge in [-0.3, -0.25) is 4.90 Å². The molecular weight excluding hydrogens is 440 g/mol. The first kappa shape index (κ1) is 25.6. The van der Waals surface area contributed by atoms with Gasteiger partial charge < -0.3 is 14.6 Å². The molecule has 0 aliphatic heterocycles. The van der Waals surface area contributed by atoms with Crippen LogP contribution in [0.2, 0.25) is 0 Å². The summed E-state index contributed by atoms with van der Waals surface area (Å²) in [4.78, 5) is 2.05. The second-order valence-electron chi connectivity index (χ2n) is 8.04. The fourth-order valence-corrected chi connectivity index (χ4v) is 3.59. The molecule has 6 nitrogen and oxygen atoms in total. The quantitative estimate of drug-likeness (QED) is 0.355. The van der Waals surface area contributed by atoms with Crippen LogP contribution >= 0.6 is 0 Å². The van der Waals surface area contributed by atoms with Crippen molar-refractivity contribution in [1.29, 1.82) is 0 Å². The van der Waals surface area contributed by atoms with Crippen LogP contribution in [-0.2, 0) is 11.3 Å². The van der Waals surface area contributed by atoms with Crippen molar-refractivity contribution in [1.82, 2.24) is 14.7 Å². The molecular formula is C26H31F2N3O3. The third kappa shape index (κ3) is 6.72. The lowest BCUT2D eigenvalue weighted by molar-refractivity contribution is 0.0804. The third-order valence-electron chi connectivity index (χ3n) is 5.42. The Hall–Kier alpha value is -3.07. The number of para-hydroxylation sites is 1. The third-order valence-corrected chi connectivity index (χ3v) is 5.42. The first-order valence-corrected chi connectivity index (χ1v) is 11.2. The zero-order valence-corrected chi connectivity index (χ0v) is 19.6. The number of aryl methyl sites for hydroxylation is 1. The summed E-state index contributed by atoms with van der Waals surface area (Å²) in [5.74, 6) is -0.489. The van der Waals surface area contributed by atoms with Gasteiger partial charge in [0.1, 0.15) is 5.82 Å². The summed E-state index contributed by atoms with van der Waals surface area (Å²) in [5, 5.41) is 15.1. The Balaban J connectivity index is 1.99. The van der Waals surface area contributed by atoms with Crippen LogP contribution in [0.3, 0.4) is 0 Å². The van der Waals surface area contributed by atoms with Crippen LogP contribution in [0.15, 0.2) is 61.2 Å². The minimum Gasteiger partial charge on any atom is -0.435 e. The highest BCUT2D eigenvalue weighted by atomic mass is 19.1. The van der Waals surface area contributed by atoms with Crippen LogP contribution in [0.1, 0.15) is 24.1 Å². The number of ether oxygens (including phenoxy) is 2. The van der Waals surface area contributed by atoms with Gasteiger partial charge in [0.2, 0.25) is 5.88 Å². The van der Waals surface area contributed by atoms with Gasteiger partial charge in [0, 0.05) is 26.7 Å². The van der Waals surface area contributed by atoms with Gasteiger partial charge in [0.25, 0.3) is 0 Å². The van der Waals surface area contributed by atoms with Gasteiger partial charge in [-0.05, 0) is 56.2 Å². The summed E-state index contributed by atoms with van der Waals surface area (Å²) in [7, 11) is 1.62. The monoisotopic (exact) mass is 471 g/mol. The van der Waals surface area contributed by atoms with Crippen molar-refractivity contribution in [3.63, 3.8) is 0 Å². The van der Waals surface area contributed by atoms with E-state index in [1.807, 2.05) is 11.8 Å². The van der Waals surface area contributed by atoms with E-state index in [0.717, 1.165) is 5.56 Å². The second kappa shape index (κ2) is 12.4. The van der Waals surface area contributed by atoms with Gasteiger partial charge in [0.05, 0.1) is 29.7 Å². The van der Waals surface area contributed by atoms with Gasteiger partial charge >= 0.3 is 0 Å². The maximum absolute atomic E-state index is 14.4. The van der Waals surface area contributed by atoms with Gasteiger partial charge in [-0.15, -0.1) is 6.58 Å². The second-order valence-corrected chi connectivity index (χ2v) is 8.04. The van der Waals surface area contributed by atoms with Crippen molar-refractivity contribution in [2.24, 2.45) is 0 Å². The highest BCUT2D eigenvalue weighted by Gasteiger charge is 2.23. The van der Waals surface area contributed by atoms with Gasteiger partial charge in [0.15, 0.2) is 11.6 Å². The van der Waals surface area contributed by atoms with E-state index >= 15 is 0 Å². The molecule has 8 heteroatoms. The summed E-state index contributed by atoms with van der Waals surface area (Å²) >= 11 is 0. The van der Waals surface area contributed by atoms with Crippen LogP contribution < -0.4 is 4.74 Å². The fraction of sp³-hybridized carbons (Fsp3) is 0.346. The normalized spacial score (nSPS) is 12.2. The van der Waals surface area contributed by atoms with Crippen molar-refractivity contribution in [2.45, 2.75) is 32.4 Å². The molecule has 1 unspecified atom stereocenters. The van der Waals surface area contributed by atoms with Gasteiger partial charge in [-0.2, -0.15) is 5.10 Å². The van der Waals surface area contributed by atoms with Gasteiger partial charge in [-0.25, -0.2) is 13.5 Å². The maximum Gasteiger partial charge on any atom is 0.227 e. The van der Waals surface area contributed by atoms with Crippen LogP contribution in [0.4, 0.5) is 8.78 Å². The van der Waals surface area contributed by atoms with Crippen LogP contribution in [0, 0.1) is 18.6 Å². The smallest absolute Gasteiger partial charge is 0.227 e. The molecule has 0 aliphatic carbocycles. The zero-order chi connectivity index (χ0) is 24.5. The van der Waals surface area contributed by atoms with Crippen LogP contribution in [0.5, 0.6) is 11.6 Å². The lowest BCUT2D eigenvalue weighted by atomic mass is 10.1. The number of rotatable bonds is 13. The summed E-state index contributed by atoms with van der Waals surface area (Å²) < 4.78 is 40.8. The molecule has 0 fully saturated rings. The predicted molar refractivity (Wildman–Crippen MR) is 127 cm³/mol. The first-order valence-electron chi connectivity index (χ1n) is 11.2. The Morgan fingerprint density at radius 1 is 1.18 bits per heavy atom. The molecule has 0 saturated heterocycles. The van der Waals surface area contributed by atoms with Crippen molar-refractivity contribution < 1.29 is 23.4 Å². The van der Waals surface area contributed by atoms with E-state index in [9.17, 15) is 13.9 Å². The van der Waals surface area contributed by atoms with E-state index in [2.05, 4.69) is 11.7 Å². The standard InChI is InChI=1S/C26H31F2N3O3/c1-4-5-8-22(32)17-30(15-16-33-3)18-23-19(2)29-31(21-13-11-20(27)12-14-21)26(23)34-25-10-7-6-9-24(25)28/h4,6-7,9-14,22,32H,1,5,8,15-18H2,2-3H3. The van der Waals surface area contributed by atoms with E-state index in [-0.39, 0.29) is 11.6 Å². The van der Waals surface area contributed by atoms with E-state index in [1.165, 1.54) is 24.3 Å². The number of allylic oxidation sites excluding steroid dienone is 1. The molecule has 1 atom stereocenters. The van der Waals surface area contributed by atoms with Crippen molar-refractivity contribution >= 4 is 0 Å². The molecule has 34 heavy (non-hydrogen) atoms. The number of halogens is 2. The lowest BCUT2D eigenvalue weighted by Crippen LogP contribution is -2.34. The Morgan fingerprint density at radius 2 is 1.91 bits per heavy atom. The summed E-state index contributed by atoms with van der Waals surface area (Å²) in [6.45, 7) is 7.40. The van der Waals surface area contributed by atoms with Crippen LogP contribution in [-0.4, -0.2) is 52.7 Å². The van der Waals surface area contributed by atoms with Gasteiger partial charge in [-0.1, -0.05) is 18.2 Å². The Kier molecular flexibility index (Phi) is 9.33.